The van der Waals surface area contributed by atoms with E-state index in [4.69, 9.17) is 9.82 Å². The molecular weight excluding hydrogens is 468 g/mol. The third-order valence-corrected chi connectivity index (χ3v) is 7.86. The topological polar surface area (TPSA) is 54.8 Å². The van der Waals surface area contributed by atoms with E-state index in [2.05, 4.69) is 23.4 Å². The van der Waals surface area contributed by atoms with Crippen LogP contribution >= 0.6 is 11.3 Å². The fraction of sp³-hybridized carbons (Fsp3) is 0.370. The molecule has 2 aliphatic rings. The quantitative estimate of drug-likeness (QED) is 0.446. The van der Waals surface area contributed by atoms with Gasteiger partial charge in [0, 0.05) is 30.8 Å². The Morgan fingerprint density at radius 1 is 1.14 bits per heavy atom. The number of aryl methyl sites for hydroxylation is 2. The van der Waals surface area contributed by atoms with Crippen molar-refractivity contribution < 1.29 is 18.4 Å². The summed E-state index contributed by atoms with van der Waals surface area (Å²) in [6.07, 6.45) is 1.63. The highest BCUT2D eigenvalue weighted by atomic mass is 32.1. The van der Waals surface area contributed by atoms with Gasteiger partial charge in [-0.1, -0.05) is 35.0 Å². The van der Waals surface area contributed by atoms with E-state index >= 15 is 0 Å². The third-order valence-electron chi connectivity index (χ3n) is 6.85. The highest BCUT2D eigenvalue weighted by molar-refractivity contribution is 7.10. The predicted octanol–water partition coefficient (Wildman–Crippen LogP) is 5.85. The van der Waals surface area contributed by atoms with Gasteiger partial charge in [0.1, 0.15) is 17.3 Å². The average Bonchev–Trinajstić information content (AvgIpc) is 3.52. The van der Waals surface area contributed by atoms with Gasteiger partial charge in [-0.3, -0.25) is 4.79 Å². The molecular formula is C27H27F2N3O2S. The largest absolute Gasteiger partial charge is 0.387 e. The zero-order chi connectivity index (χ0) is 24.5. The van der Waals surface area contributed by atoms with Crippen LogP contribution in [0.2, 0.25) is 0 Å². The summed E-state index contributed by atoms with van der Waals surface area (Å²) >= 11 is 1.56. The molecule has 35 heavy (non-hydrogen) atoms. The fourth-order valence-electron chi connectivity index (χ4n) is 4.75. The molecule has 1 atom stereocenters. The molecule has 0 aliphatic carbocycles. The number of benzene rings is 2. The number of halogens is 2. The monoisotopic (exact) mass is 495 g/mol. The van der Waals surface area contributed by atoms with Crippen LogP contribution in [0.15, 0.2) is 46.9 Å². The molecule has 1 saturated heterocycles. The highest BCUT2D eigenvalue weighted by Crippen LogP contribution is 2.35. The summed E-state index contributed by atoms with van der Waals surface area (Å²) in [5.41, 5.74) is 4.60. The SMILES string of the molecule is Cc1ccc(C)c(CC(=O)N2CCC(c3nc(C4=NO[C@@H](c5c(F)cccc5F)C4)cs3)CC2)c1. The highest BCUT2D eigenvalue weighted by Gasteiger charge is 2.31. The second-order valence-corrected chi connectivity index (χ2v) is 10.2. The fourth-order valence-corrected chi connectivity index (χ4v) is 5.75. The Morgan fingerprint density at radius 2 is 1.89 bits per heavy atom. The van der Waals surface area contributed by atoms with Crippen LogP contribution in [0.4, 0.5) is 8.78 Å². The van der Waals surface area contributed by atoms with Gasteiger partial charge in [-0.15, -0.1) is 11.3 Å². The number of carbonyl (C=O) groups excluding carboxylic acids is 1. The van der Waals surface area contributed by atoms with Gasteiger partial charge in [-0.2, -0.15) is 0 Å². The van der Waals surface area contributed by atoms with Gasteiger partial charge >= 0.3 is 0 Å². The standard InChI is InChI=1S/C27H27F2N3O2S/c1-16-6-7-17(2)19(12-16)13-25(33)32-10-8-18(9-11-32)27-30-23(15-35-27)22-14-24(34-31-22)26-20(28)4-3-5-21(26)29/h3-7,12,15,18,24H,8-11,13-14H2,1-2H3/t24-/m1/s1. The van der Waals surface area contributed by atoms with Crippen LogP contribution in [0, 0.1) is 25.5 Å². The number of rotatable bonds is 5. The van der Waals surface area contributed by atoms with E-state index in [9.17, 15) is 13.6 Å². The van der Waals surface area contributed by atoms with Crippen molar-refractivity contribution in [3.05, 3.63) is 86.4 Å². The minimum atomic E-state index is -0.789. The molecule has 1 fully saturated rings. The first-order chi connectivity index (χ1) is 16.9. The Labute approximate surface area is 207 Å². The first kappa shape index (κ1) is 23.6. The normalized spacial score (nSPS) is 18.5. The van der Waals surface area contributed by atoms with E-state index in [1.807, 2.05) is 24.1 Å². The predicted molar refractivity (Wildman–Crippen MR) is 132 cm³/mol. The average molecular weight is 496 g/mol. The summed E-state index contributed by atoms with van der Waals surface area (Å²) < 4.78 is 28.2. The van der Waals surface area contributed by atoms with Crippen LogP contribution < -0.4 is 0 Å². The Bertz CT molecular complexity index is 1260. The second-order valence-electron chi connectivity index (χ2n) is 9.30. The molecule has 2 aromatic carbocycles. The molecule has 0 radical (unpaired) electrons. The van der Waals surface area contributed by atoms with Crippen molar-refractivity contribution >= 4 is 23.0 Å². The minimum Gasteiger partial charge on any atom is -0.387 e. The van der Waals surface area contributed by atoms with Crippen LogP contribution in [-0.2, 0) is 16.1 Å². The number of piperidine rings is 1. The number of thiazole rings is 1. The summed E-state index contributed by atoms with van der Waals surface area (Å²) in [6.45, 7) is 5.51. The number of oxime groups is 1. The molecule has 5 nitrogen and oxygen atoms in total. The maximum atomic E-state index is 14.1. The summed E-state index contributed by atoms with van der Waals surface area (Å²) in [5, 5.41) is 7.00. The van der Waals surface area contributed by atoms with Gasteiger partial charge in [-0.25, -0.2) is 13.8 Å². The van der Waals surface area contributed by atoms with E-state index in [0.717, 1.165) is 29.0 Å². The molecule has 182 valence electrons. The smallest absolute Gasteiger partial charge is 0.227 e. The summed E-state index contributed by atoms with van der Waals surface area (Å²) in [7, 11) is 0. The summed E-state index contributed by atoms with van der Waals surface area (Å²) in [6, 6.07) is 10.0. The van der Waals surface area contributed by atoms with E-state index < -0.39 is 17.7 Å². The molecule has 2 aliphatic heterocycles. The van der Waals surface area contributed by atoms with Crippen molar-refractivity contribution in [1.29, 1.82) is 0 Å². The van der Waals surface area contributed by atoms with Crippen molar-refractivity contribution in [2.45, 2.75) is 51.6 Å². The lowest BCUT2D eigenvalue weighted by atomic mass is 9.96. The zero-order valence-corrected chi connectivity index (χ0v) is 20.6. The van der Waals surface area contributed by atoms with Crippen molar-refractivity contribution in [3.8, 4) is 0 Å². The molecule has 3 aromatic rings. The van der Waals surface area contributed by atoms with Gasteiger partial charge in [0.15, 0.2) is 6.10 Å². The number of carbonyl (C=O) groups is 1. The van der Waals surface area contributed by atoms with Crippen molar-refractivity contribution in [1.82, 2.24) is 9.88 Å². The number of aromatic nitrogens is 1. The van der Waals surface area contributed by atoms with Crippen LogP contribution in [0.1, 0.15) is 64.2 Å². The Kier molecular flexibility index (Phi) is 6.65. The van der Waals surface area contributed by atoms with Crippen molar-refractivity contribution in [2.75, 3.05) is 13.1 Å². The summed E-state index contributed by atoms with van der Waals surface area (Å²) in [4.78, 5) is 25.0. The van der Waals surface area contributed by atoms with E-state index in [1.54, 1.807) is 11.3 Å². The Balaban J connectivity index is 1.18. The van der Waals surface area contributed by atoms with Crippen molar-refractivity contribution in [2.24, 2.45) is 5.16 Å². The van der Waals surface area contributed by atoms with Crippen LogP contribution in [0.3, 0.4) is 0 Å². The molecule has 1 amide bonds. The Morgan fingerprint density at radius 3 is 2.63 bits per heavy atom. The van der Waals surface area contributed by atoms with Crippen LogP contribution in [0.25, 0.3) is 0 Å². The lowest BCUT2D eigenvalue weighted by molar-refractivity contribution is -0.131. The molecule has 0 N–H and O–H groups in total. The molecule has 8 heteroatoms. The van der Waals surface area contributed by atoms with E-state index in [1.165, 1.54) is 23.8 Å². The van der Waals surface area contributed by atoms with Gasteiger partial charge < -0.3 is 9.74 Å². The molecule has 3 heterocycles. The molecule has 5 rings (SSSR count). The first-order valence-corrected chi connectivity index (χ1v) is 12.7. The second kappa shape index (κ2) is 9.85. The van der Waals surface area contributed by atoms with E-state index in [0.29, 0.717) is 30.9 Å². The van der Waals surface area contributed by atoms with Gasteiger partial charge in [-0.05, 0) is 49.9 Å². The lowest BCUT2D eigenvalue weighted by Gasteiger charge is -2.31. The maximum Gasteiger partial charge on any atom is 0.227 e. The third kappa shape index (κ3) is 4.98. The molecule has 0 spiro atoms. The van der Waals surface area contributed by atoms with Crippen LogP contribution in [-0.4, -0.2) is 34.6 Å². The molecule has 0 unspecified atom stereocenters. The number of hydrogen-bond acceptors (Lipinski definition) is 5. The van der Waals surface area contributed by atoms with Crippen molar-refractivity contribution in [3.63, 3.8) is 0 Å². The number of hydrogen-bond donors (Lipinski definition) is 0. The number of amides is 1. The van der Waals surface area contributed by atoms with E-state index in [-0.39, 0.29) is 23.8 Å². The lowest BCUT2D eigenvalue weighted by Crippen LogP contribution is -2.38. The number of nitrogens with zero attached hydrogens (tertiary/aromatic N) is 3. The van der Waals surface area contributed by atoms with Gasteiger partial charge in [0.25, 0.3) is 0 Å². The maximum absolute atomic E-state index is 14.1. The molecule has 1 aromatic heterocycles. The van der Waals surface area contributed by atoms with Gasteiger partial charge in [0.2, 0.25) is 5.91 Å². The molecule has 0 saturated carbocycles. The zero-order valence-electron chi connectivity index (χ0n) is 19.8. The van der Waals surface area contributed by atoms with Gasteiger partial charge in [0.05, 0.1) is 22.7 Å². The Hall–Kier alpha value is -3.13. The molecule has 0 bridgehead atoms. The minimum absolute atomic E-state index is 0.0976. The summed E-state index contributed by atoms with van der Waals surface area (Å²) in [5.74, 6) is -0.823. The van der Waals surface area contributed by atoms with Crippen LogP contribution in [0.5, 0.6) is 0 Å². The first-order valence-electron chi connectivity index (χ1n) is 11.9. The number of likely N-dealkylation sites (tertiary alicyclic amines) is 1.